The van der Waals surface area contributed by atoms with Gasteiger partial charge in [-0.05, 0) is 51.7 Å². The second kappa shape index (κ2) is 6.92. The van der Waals surface area contributed by atoms with E-state index in [0.717, 1.165) is 19.6 Å². The first-order valence-electron chi connectivity index (χ1n) is 7.47. The zero-order valence-corrected chi connectivity index (χ0v) is 14.6. The molecule has 1 fully saturated rings. The zero-order chi connectivity index (χ0) is 14.7. The third-order valence-electron chi connectivity index (χ3n) is 4.22. The molecule has 2 atom stereocenters. The van der Waals surface area contributed by atoms with Crippen molar-refractivity contribution in [3.8, 4) is 0 Å². The Labute approximate surface area is 131 Å². The van der Waals surface area contributed by atoms with Gasteiger partial charge in [-0.15, -0.1) is 0 Å². The molecule has 4 heteroatoms. The maximum atomic E-state index is 3.73. The van der Waals surface area contributed by atoms with Gasteiger partial charge in [0.15, 0.2) is 0 Å². The van der Waals surface area contributed by atoms with Gasteiger partial charge in [0.2, 0.25) is 0 Å². The topological polar surface area (TPSA) is 18.5 Å². The Morgan fingerprint density at radius 3 is 2.75 bits per heavy atom. The van der Waals surface area contributed by atoms with Crippen LogP contribution in [0.5, 0.6) is 0 Å². The van der Waals surface area contributed by atoms with Gasteiger partial charge in [0.25, 0.3) is 0 Å². The van der Waals surface area contributed by atoms with E-state index in [1.807, 2.05) is 0 Å². The predicted molar refractivity (Wildman–Crippen MR) is 90.5 cm³/mol. The highest BCUT2D eigenvalue weighted by Crippen LogP contribution is 2.30. The van der Waals surface area contributed by atoms with Gasteiger partial charge in [-0.25, -0.2) is 0 Å². The van der Waals surface area contributed by atoms with Crippen LogP contribution in [0.4, 0.5) is 5.69 Å². The largest absolute Gasteiger partial charge is 0.370 e. The van der Waals surface area contributed by atoms with Gasteiger partial charge < -0.3 is 15.1 Å². The number of hydrogen-bond acceptors (Lipinski definition) is 3. The molecule has 1 N–H and O–H groups in total. The number of benzene rings is 1. The van der Waals surface area contributed by atoms with Crippen molar-refractivity contribution in [2.45, 2.75) is 32.4 Å². The van der Waals surface area contributed by atoms with E-state index in [1.165, 1.54) is 22.1 Å². The molecule has 0 spiro atoms. The van der Waals surface area contributed by atoms with Crippen molar-refractivity contribution < 1.29 is 0 Å². The minimum atomic E-state index is 0.386. The molecule has 1 aliphatic rings. The molecule has 0 aromatic heterocycles. The van der Waals surface area contributed by atoms with Crippen LogP contribution in [-0.2, 0) is 0 Å². The van der Waals surface area contributed by atoms with Crippen molar-refractivity contribution >= 4 is 21.6 Å². The molecule has 20 heavy (non-hydrogen) atoms. The summed E-state index contributed by atoms with van der Waals surface area (Å²) in [5.74, 6) is 0. The standard InChI is InChI=1S/C16H26BrN3/c1-5-18-12(2)15-7-6-13(10-16(15)17)20-9-8-14(11-20)19(3)4/h6-7,10,12,14,18H,5,8-9,11H2,1-4H3. The highest BCUT2D eigenvalue weighted by Gasteiger charge is 2.24. The van der Waals surface area contributed by atoms with Crippen LogP contribution >= 0.6 is 15.9 Å². The Balaban J connectivity index is 2.10. The number of rotatable bonds is 5. The molecule has 1 aromatic rings. The summed E-state index contributed by atoms with van der Waals surface area (Å²) in [7, 11) is 4.34. The fraction of sp³-hybridized carbons (Fsp3) is 0.625. The summed E-state index contributed by atoms with van der Waals surface area (Å²) < 4.78 is 1.21. The first-order valence-corrected chi connectivity index (χ1v) is 8.26. The number of nitrogens with one attached hydrogen (secondary N) is 1. The monoisotopic (exact) mass is 339 g/mol. The van der Waals surface area contributed by atoms with Crippen molar-refractivity contribution in [3.63, 3.8) is 0 Å². The molecule has 2 rings (SSSR count). The summed E-state index contributed by atoms with van der Waals surface area (Å²) in [6, 6.07) is 7.83. The van der Waals surface area contributed by atoms with E-state index in [2.05, 4.69) is 77.2 Å². The molecule has 0 bridgehead atoms. The van der Waals surface area contributed by atoms with Crippen LogP contribution < -0.4 is 10.2 Å². The quantitative estimate of drug-likeness (QED) is 0.888. The fourth-order valence-corrected chi connectivity index (χ4v) is 3.59. The number of nitrogens with zero attached hydrogens (tertiary/aromatic N) is 2. The number of halogens is 1. The molecule has 1 heterocycles. The Morgan fingerprint density at radius 2 is 2.20 bits per heavy atom. The summed E-state index contributed by atoms with van der Waals surface area (Å²) in [5, 5.41) is 3.46. The lowest BCUT2D eigenvalue weighted by Gasteiger charge is -2.23. The Kier molecular flexibility index (Phi) is 5.47. The van der Waals surface area contributed by atoms with Gasteiger partial charge in [-0.1, -0.05) is 28.9 Å². The molecule has 0 saturated carbocycles. The van der Waals surface area contributed by atoms with Crippen LogP contribution in [0.3, 0.4) is 0 Å². The second-order valence-corrected chi connectivity index (χ2v) is 6.69. The van der Waals surface area contributed by atoms with Crippen molar-refractivity contribution in [2.24, 2.45) is 0 Å². The molecule has 0 aliphatic carbocycles. The lowest BCUT2D eigenvalue weighted by atomic mass is 10.1. The Hall–Kier alpha value is -0.580. The molecule has 0 radical (unpaired) electrons. The third kappa shape index (κ3) is 3.54. The van der Waals surface area contributed by atoms with Crippen LogP contribution in [-0.4, -0.2) is 44.7 Å². The van der Waals surface area contributed by atoms with Crippen LogP contribution in [0.15, 0.2) is 22.7 Å². The van der Waals surface area contributed by atoms with Gasteiger partial charge in [-0.3, -0.25) is 0 Å². The Bertz CT molecular complexity index is 447. The number of anilines is 1. The van der Waals surface area contributed by atoms with E-state index in [-0.39, 0.29) is 0 Å². The lowest BCUT2D eigenvalue weighted by molar-refractivity contribution is 0.315. The summed E-state index contributed by atoms with van der Waals surface area (Å²) in [4.78, 5) is 4.81. The smallest absolute Gasteiger partial charge is 0.0378 e. The minimum absolute atomic E-state index is 0.386. The lowest BCUT2D eigenvalue weighted by Crippen LogP contribution is -2.31. The van der Waals surface area contributed by atoms with Crippen LogP contribution in [0, 0.1) is 0 Å². The maximum absolute atomic E-state index is 3.73. The van der Waals surface area contributed by atoms with Gasteiger partial charge in [0, 0.05) is 35.3 Å². The number of hydrogen-bond donors (Lipinski definition) is 1. The van der Waals surface area contributed by atoms with E-state index in [0.29, 0.717) is 12.1 Å². The molecule has 3 nitrogen and oxygen atoms in total. The van der Waals surface area contributed by atoms with E-state index in [1.54, 1.807) is 0 Å². The van der Waals surface area contributed by atoms with Gasteiger partial charge in [0.05, 0.1) is 0 Å². The molecular weight excluding hydrogens is 314 g/mol. The first kappa shape index (κ1) is 15.8. The minimum Gasteiger partial charge on any atom is -0.370 e. The summed E-state index contributed by atoms with van der Waals surface area (Å²) >= 11 is 3.73. The number of likely N-dealkylation sites (N-methyl/N-ethyl adjacent to an activating group) is 1. The van der Waals surface area contributed by atoms with Gasteiger partial charge in [0.1, 0.15) is 0 Å². The van der Waals surface area contributed by atoms with Crippen LogP contribution in [0.2, 0.25) is 0 Å². The molecule has 2 unspecified atom stereocenters. The van der Waals surface area contributed by atoms with E-state index < -0.39 is 0 Å². The second-order valence-electron chi connectivity index (χ2n) is 5.84. The average molecular weight is 340 g/mol. The zero-order valence-electron chi connectivity index (χ0n) is 13.0. The highest BCUT2D eigenvalue weighted by atomic mass is 79.9. The molecule has 1 aliphatic heterocycles. The van der Waals surface area contributed by atoms with Crippen LogP contribution in [0.1, 0.15) is 31.9 Å². The van der Waals surface area contributed by atoms with Crippen molar-refractivity contribution in [3.05, 3.63) is 28.2 Å². The molecule has 0 amide bonds. The summed E-state index contributed by atoms with van der Waals surface area (Å²) in [5.41, 5.74) is 2.66. The van der Waals surface area contributed by atoms with Gasteiger partial charge >= 0.3 is 0 Å². The molecule has 112 valence electrons. The van der Waals surface area contributed by atoms with Crippen molar-refractivity contribution in [1.82, 2.24) is 10.2 Å². The molecular formula is C16H26BrN3. The molecule has 1 saturated heterocycles. The SMILES string of the molecule is CCNC(C)c1ccc(N2CCC(N(C)C)C2)cc1Br. The fourth-order valence-electron chi connectivity index (χ4n) is 2.88. The first-order chi connectivity index (χ1) is 9.52. The summed E-state index contributed by atoms with van der Waals surface area (Å²) in [6.45, 7) is 7.62. The Morgan fingerprint density at radius 1 is 1.45 bits per heavy atom. The maximum Gasteiger partial charge on any atom is 0.0378 e. The predicted octanol–water partition coefficient (Wildman–Crippen LogP) is 3.26. The third-order valence-corrected chi connectivity index (χ3v) is 4.91. The normalized spacial score (nSPS) is 20.7. The van der Waals surface area contributed by atoms with E-state index in [9.17, 15) is 0 Å². The van der Waals surface area contributed by atoms with E-state index in [4.69, 9.17) is 0 Å². The average Bonchev–Trinajstić information content (AvgIpc) is 2.88. The van der Waals surface area contributed by atoms with Gasteiger partial charge in [-0.2, -0.15) is 0 Å². The summed E-state index contributed by atoms with van der Waals surface area (Å²) in [6.07, 6.45) is 1.25. The van der Waals surface area contributed by atoms with Crippen molar-refractivity contribution in [1.29, 1.82) is 0 Å². The van der Waals surface area contributed by atoms with E-state index >= 15 is 0 Å². The van der Waals surface area contributed by atoms with Crippen molar-refractivity contribution in [2.75, 3.05) is 38.6 Å². The highest BCUT2D eigenvalue weighted by molar-refractivity contribution is 9.10. The van der Waals surface area contributed by atoms with Crippen LogP contribution in [0.25, 0.3) is 0 Å². The molecule has 1 aromatic carbocycles.